The highest BCUT2D eigenvalue weighted by atomic mass is 16.4. The number of amides is 3. The van der Waals surface area contributed by atoms with Gasteiger partial charge in [-0.1, -0.05) is 26.0 Å². The van der Waals surface area contributed by atoms with Crippen LogP contribution in [0.1, 0.15) is 33.1 Å². The molecule has 1 aromatic carbocycles. The van der Waals surface area contributed by atoms with E-state index in [1.165, 1.54) is 11.0 Å². The van der Waals surface area contributed by atoms with Gasteiger partial charge in [0.1, 0.15) is 11.6 Å². The van der Waals surface area contributed by atoms with E-state index in [0.29, 0.717) is 35.9 Å². The Bertz CT molecular complexity index is 1070. The number of likely N-dealkylation sites (tertiary alicyclic amines) is 1. The highest BCUT2D eigenvalue weighted by Crippen LogP contribution is 2.37. The number of allylic oxidation sites excluding steroid dienone is 2. The van der Waals surface area contributed by atoms with Crippen LogP contribution in [-0.2, 0) is 14.4 Å². The third-order valence-corrected chi connectivity index (χ3v) is 5.74. The molecule has 3 amide bonds. The van der Waals surface area contributed by atoms with Crippen molar-refractivity contribution >= 4 is 34.4 Å². The Hall–Kier alpha value is -3.22. The Morgan fingerprint density at radius 3 is 2.37 bits per heavy atom. The lowest BCUT2D eigenvalue weighted by molar-refractivity contribution is -0.147. The van der Waals surface area contributed by atoms with E-state index in [-0.39, 0.29) is 29.6 Å². The quantitative estimate of drug-likeness (QED) is 0.466. The van der Waals surface area contributed by atoms with E-state index in [1.807, 2.05) is 26.0 Å². The molecule has 1 N–H and O–H groups in total. The molecular formula is C23H24N2O5. The topological polar surface area (TPSA) is 96.7 Å². The minimum atomic E-state index is -0.861. The van der Waals surface area contributed by atoms with Gasteiger partial charge >= 0.3 is 5.63 Å². The first-order valence-electron chi connectivity index (χ1n) is 10.2. The number of carbonyl (C=O) groups is 3. The van der Waals surface area contributed by atoms with E-state index in [1.54, 1.807) is 24.3 Å². The van der Waals surface area contributed by atoms with Gasteiger partial charge in [0.15, 0.2) is 0 Å². The zero-order chi connectivity index (χ0) is 21.4. The zero-order valence-electron chi connectivity index (χ0n) is 17.0. The van der Waals surface area contributed by atoms with Crippen molar-refractivity contribution in [2.75, 3.05) is 5.32 Å². The summed E-state index contributed by atoms with van der Waals surface area (Å²) in [5.41, 5.74) is 0.479. The van der Waals surface area contributed by atoms with Crippen molar-refractivity contribution in [2.45, 2.75) is 39.2 Å². The summed E-state index contributed by atoms with van der Waals surface area (Å²) < 4.78 is 5.11. The molecular weight excluding hydrogens is 384 g/mol. The minimum Gasteiger partial charge on any atom is -0.423 e. The summed E-state index contributed by atoms with van der Waals surface area (Å²) in [6.45, 7) is 3.91. The second kappa shape index (κ2) is 7.89. The van der Waals surface area contributed by atoms with Gasteiger partial charge in [0.25, 0.3) is 0 Å². The van der Waals surface area contributed by atoms with Crippen LogP contribution >= 0.6 is 0 Å². The van der Waals surface area contributed by atoms with Gasteiger partial charge in [-0.2, -0.15) is 0 Å². The van der Waals surface area contributed by atoms with Gasteiger partial charge in [0.2, 0.25) is 17.7 Å². The number of nitrogens with zero attached hydrogens (tertiary/aromatic N) is 1. The number of carbonyl (C=O) groups excluding carboxylic acids is 3. The molecule has 2 heterocycles. The predicted molar refractivity (Wildman–Crippen MR) is 112 cm³/mol. The number of hydrogen-bond acceptors (Lipinski definition) is 5. The van der Waals surface area contributed by atoms with Gasteiger partial charge in [-0.3, -0.25) is 19.3 Å². The van der Waals surface area contributed by atoms with Crippen LogP contribution in [0.25, 0.3) is 11.0 Å². The van der Waals surface area contributed by atoms with Crippen molar-refractivity contribution in [3.8, 4) is 0 Å². The molecule has 0 bridgehead atoms. The Morgan fingerprint density at radius 1 is 1.07 bits per heavy atom. The average molecular weight is 408 g/mol. The summed E-state index contributed by atoms with van der Waals surface area (Å²) in [4.78, 5) is 51.7. The van der Waals surface area contributed by atoms with Crippen LogP contribution in [0, 0.1) is 17.8 Å². The summed E-state index contributed by atoms with van der Waals surface area (Å²) >= 11 is 0. The van der Waals surface area contributed by atoms with E-state index < -0.39 is 17.6 Å². The molecule has 0 unspecified atom stereocenters. The van der Waals surface area contributed by atoms with Gasteiger partial charge in [-0.15, -0.1) is 0 Å². The lowest BCUT2D eigenvalue weighted by Gasteiger charge is -2.27. The first kappa shape index (κ1) is 20.1. The molecule has 1 saturated heterocycles. The van der Waals surface area contributed by atoms with Crippen LogP contribution in [0.4, 0.5) is 5.69 Å². The van der Waals surface area contributed by atoms with Crippen molar-refractivity contribution < 1.29 is 18.8 Å². The fraction of sp³-hybridized carbons (Fsp3) is 0.391. The van der Waals surface area contributed by atoms with Gasteiger partial charge in [0, 0.05) is 17.1 Å². The van der Waals surface area contributed by atoms with E-state index in [2.05, 4.69) is 5.32 Å². The molecule has 1 aliphatic heterocycles. The Balaban J connectivity index is 1.60. The number of hydrogen-bond donors (Lipinski definition) is 1. The highest BCUT2D eigenvalue weighted by molar-refractivity contribution is 6.10. The number of benzene rings is 1. The molecule has 4 rings (SSSR count). The Kier molecular flexibility index (Phi) is 5.28. The van der Waals surface area contributed by atoms with E-state index >= 15 is 0 Å². The molecule has 30 heavy (non-hydrogen) atoms. The monoisotopic (exact) mass is 408 g/mol. The Labute approximate surface area is 173 Å². The van der Waals surface area contributed by atoms with Crippen molar-refractivity contribution in [3.63, 3.8) is 0 Å². The molecule has 0 spiro atoms. The fourth-order valence-corrected chi connectivity index (χ4v) is 4.28. The third kappa shape index (κ3) is 3.67. The van der Waals surface area contributed by atoms with Gasteiger partial charge in [-0.05, 0) is 49.4 Å². The van der Waals surface area contributed by atoms with Crippen molar-refractivity contribution in [1.29, 1.82) is 0 Å². The molecule has 3 atom stereocenters. The molecule has 0 saturated carbocycles. The molecule has 0 radical (unpaired) electrons. The van der Waals surface area contributed by atoms with E-state index in [4.69, 9.17) is 4.42 Å². The van der Waals surface area contributed by atoms with Crippen LogP contribution in [0.15, 0.2) is 51.7 Å². The molecule has 1 aliphatic carbocycles. The maximum atomic E-state index is 13.2. The van der Waals surface area contributed by atoms with Crippen molar-refractivity contribution in [1.82, 2.24) is 4.90 Å². The maximum absolute atomic E-state index is 13.2. The SMILES string of the molecule is CC(C)C[C@H](C(=O)Nc1ccc2oc(=O)ccc2c1)N1C(=O)[C@@H]2CC=CC[C@H]2C1=O. The molecule has 2 aliphatic rings. The molecule has 7 nitrogen and oxygen atoms in total. The largest absolute Gasteiger partial charge is 0.423 e. The molecule has 1 fully saturated rings. The molecule has 2 aromatic rings. The number of anilines is 1. The third-order valence-electron chi connectivity index (χ3n) is 5.74. The van der Waals surface area contributed by atoms with E-state index in [9.17, 15) is 19.2 Å². The van der Waals surface area contributed by atoms with Crippen molar-refractivity contribution in [3.05, 3.63) is 52.9 Å². The predicted octanol–water partition coefficient (Wildman–Crippen LogP) is 3.10. The maximum Gasteiger partial charge on any atom is 0.336 e. The van der Waals surface area contributed by atoms with Crippen LogP contribution in [0.2, 0.25) is 0 Å². The van der Waals surface area contributed by atoms with Crippen LogP contribution in [0.3, 0.4) is 0 Å². The molecule has 1 aromatic heterocycles. The van der Waals surface area contributed by atoms with E-state index in [0.717, 1.165) is 0 Å². The second-order valence-corrected chi connectivity index (χ2v) is 8.34. The smallest absolute Gasteiger partial charge is 0.336 e. The fourth-order valence-electron chi connectivity index (χ4n) is 4.28. The van der Waals surface area contributed by atoms with Crippen LogP contribution in [0.5, 0.6) is 0 Å². The number of nitrogens with one attached hydrogen (secondary N) is 1. The summed E-state index contributed by atoms with van der Waals surface area (Å²) in [6.07, 6.45) is 5.33. The Morgan fingerprint density at radius 2 is 1.73 bits per heavy atom. The summed E-state index contributed by atoms with van der Waals surface area (Å²) in [5.74, 6) is -1.52. The number of fused-ring (bicyclic) bond motifs is 2. The average Bonchev–Trinajstić information content (AvgIpc) is 2.97. The zero-order valence-corrected chi connectivity index (χ0v) is 17.0. The number of rotatable bonds is 5. The summed E-state index contributed by atoms with van der Waals surface area (Å²) in [7, 11) is 0. The molecule has 156 valence electrons. The first-order chi connectivity index (χ1) is 14.3. The highest BCUT2D eigenvalue weighted by Gasteiger charge is 2.51. The van der Waals surface area contributed by atoms with Crippen molar-refractivity contribution in [2.24, 2.45) is 17.8 Å². The first-order valence-corrected chi connectivity index (χ1v) is 10.2. The van der Waals surface area contributed by atoms with Gasteiger partial charge in [-0.25, -0.2) is 4.79 Å². The summed E-state index contributed by atoms with van der Waals surface area (Å²) in [6, 6.07) is 7.00. The lowest BCUT2D eigenvalue weighted by atomic mass is 9.85. The molecule has 7 heteroatoms. The van der Waals surface area contributed by atoms with Crippen LogP contribution < -0.4 is 10.9 Å². The van der Waals surface area contributed by atoms with Gasteiger partial charge in [0.05, 0.1) is 11.8 Å². The minimum absolute atomic E-state index is 0.119. The second-order valence-electron chi connectivity index (χ2n) is 8.34. The summed E-state index contributed by atoms with van der Waals surface area (Å²) in [5, 5.41) is 3.50. The van der Waals surface area contributed by atoms with Crippen LogP contribution in [-0.4, -0.2) is 28.7 Å². The standard InChI is InChI=1S/C23H24N2O5/c1-13(2)11-18(25-22(28)16-5-3-4-6-17(16)23(25)29)21(27)24-15-8-9-19-14(12-15)7-10-20(26)30-19/h3-4,7-10,12-13,16-18H,5-6,11H2,1-2H3,(H,24,27)/t16-,17-,18-/m1/s1. The number of imide groups is 1. The lowest BCUT2D eigenvalue weighted by Crippen LogP contribution is -2.48. The normalized spacial score (nSPS) is 21.9. The van der Waals surface area contributed by atoms with Gasteiger partial charge < -0.3 is 9.73 Å².